The summed E-state index contributed by atoms with van der Waals surface area (Å²) in [5.74, 6) is -4.33. The molecule has 0 radical (unpaired) electrons. The normalized spacial score (nSPS) is 22.5. The molecule has 0 aliphatic heterocycles. The topological polar surface area (TPSA) is 29.1 Å². The Labute approximate surface area is 113 Å². The number of hydrogen-bond donors (Lipinski definition) is 1. The molecule has 1 aliphatic carbocycles. The quantitative estimate of drug-likeness (QED) is 0.672. The molecule has 2 atom stereocenters. The third kappa shape index (κ3) is 3.03. The number of alkyl halides is 1. The molecule has 0 saturated heterocycles. The minimum absolute atomic E-state index is 0.0961. The molecule has 1 fully saturated rings. The van der Waals surface area contributed by atoms with Crippen LogP contribution in [0.15, 0.2) is 12.1 Å². The third-order valence-electron chi connectivity index (χ3n) is 3.42. The monoisotopic (exact) mass is 291 g/mol. The lowest BCUT2D eigenvalue weighted by Gasteiger charge is -2.18. The van der Waals surface area contributed by atoms with Crippen LogP contribution in [0.25, 0.3) is 0 Å². The highest BCUT2D eigenvalue weighted by Crippen LogP contribution is 2.27. The zero-order valence-corrected chi connectivity index (χ0v) is 10.8. The standard InChI is InChI=1S/C13H13ClF3NO/c14-6-7-2-1-3-11(7)18-13(19)8-4-9(15)12(17)10(16)5-8/h4-5,7,11H,1-3,6H2,(H,18,19). The Balaban J connectivity index is 2.12. The van der Waals surface area contributed by atoms with Crippen LogP contribution in [0.2, 0.25) is 0 Å². The van der Waals surface area contributed by atoms with Crippen LogP contribution in [-0.2, 0) is 0 Å². The molecule has 19 heavy (non-hydrogen) atoms. The SMILES string of the molecule is O=C(NC1CCCC1CCl)c1cc(F)c(F)c(F)c1. The lowest BCUT2D eigenvalue weighted by atomic mass is 10.1. The van der Waals surface area contributed by atoms with E-state index >= 15 is 0 Å². The zero-order valence-electron chi connectivity index (χ0n) is 10.1. The Hall–Kier alpha value is -1.23. The second-order valence-corrected chi connectivity index (χ2v) is 4.99. The second-order valence-electron chi connectivity index (χ2n) is 4.68. The summed E-state index contributed by atoms with van der Waals surface area (Å²) in [6, 6.07) is 1.29. The molecule has 6 heteroatoms. The number of hydrogen-bond acceptors (Lipinski definition) is 1. The summed E-state index contributed by atoms with van der Waals surface area (Å²) in [6.45, 7) is 0. The number of carbonyl (C=O) groups excluding carboxylic acids is 1. The van der Waals surface area contributed by atoms with Gasteiger partial charge in [-0.2, -0.15) is 0 Å². The molecule has 1 amide bonds. The molecular weight excluding hydrogens is 279 g/mol. The van der Waals surface area contributed by atoms with E-state index in [1.54, 1.807) is 0 Å². The van der Waals surface area contributed by atoms with E-state index in [0.717, 1.165) is 19.3 Å². The fourth-order valence-corrected chi connectivity index (χ4v) is 2.72. The van der Waals surface area contributed by atoms with Gasteiger partial charge in [-0.25, -0.2) is 13.2 Å². The maximum atomic E-state index is 13.0. The molecule has 1 saturated carbocycles. The number of carbonyl (C=O) groups is 1. The van der Waals surface area contributed by atoms with Crippen LogP contribution in [0, 0.1) is 23.4 Å². The Kier molecular flexibility index (Phi) is 4.34. The Morgan fingerprint density at radius 1 is 1.26 bits per heavy atom. The molecule has 1 aromatic rings. The average molecular weight is 292 g/mol. The van der Waals surface area contributed by atoms with Gasteiger partial charge in [-0.05, 0) is 30.9 Å². The predicted octanol–water partition coefficient (Wildman–Crippen LogP) is 3.24. The van der Waals surface area contributed by atoms with Crippen molar-refractivity contribution < 1.29 is 18.0 Å². The van der Waals surface area contributed by atoms with Gasteiger partial charge in [0, 0.05) is 17.5 Å². The van der Waals surface area contributed by atoms with Gasteiger partial charge in [0.05, 0.1) is 0 Å². The second kappa shape index (κ2) is 5.82. The van der Waals surface area contributed by atoms with Crippen molar-refractivity contribution in [1.29, 1.82) is 0 Å². The highest BCUT2D eigenvalue weighted by molar-refractivity contribution is 6.18. The first-order valence-electron chi connectivity index (χ1n) is 6.04. The van der Waals surface area contributed by atoms with Crippen LogP contribution in [-0.4, -0.2) is 17.8 Å². The summed E-state index contributed by atoms with van der Waals surface area (Å²) in [7, 11) is 0. The minimum atomic E-state index is -1.57. The van der Waals surface area contributed by atoms with E-state index in [1.165, 1.54) is 0 Å². The van der Waals surface area contributed by atoms with Gasteiger partial charge in [0.15, 0.2) is 17.5 Å². The molecule has 104 valence electrons. The summed E-state index contributed by atoms with van der Waals surface area (Å²) in [6.07, 6.45) is 2.66. The van der Waals surface area contributed by atoms with Gasteiger partial charge in [-0.3, -0.25) is 4.79 Å². The molecule has 1 aliphatic rings. The largest absolute Gasteiger partial charge is 0.349 e. The van der Waals surface area contributed by atoms with Crippen molar-refractivity contribution in [2.45, 2.75) is 25.3 Å². The highest BCUT2D eigenvalue weighted by atomic mass is 35.5. The van der Waals surface area contributed by atoms with Gasteiger partial charge >= 0.3 is 0 Å². The van der Waals surface area contributed by atoms with E-state index in [-0.39, 0.29) is 17.5 Å². The van der Waals surface area contributed by atoms with Gasteiger partial charge in [0.1, 0.15) is 0 Å². The van der Waals surface area contributed by atoms with Gasteiger partial charge < -0.3 is 5.32 Å². The third-order valence-corrected chi connectivity index (χ3v) is 3.82. The molecule has 0 aromatic heterocycles. The van der Waals surface area contributed by atoms with Crippen LogP contribution in [0.4, 0.5) is 13.2 Å². The molecule has 0 bridgehead atoms. The summed E-state index contributed by atoms with van der Waals surface area (Å²) in [4.78, 5) is 11.9. The van der Waals surface area contributed by atoms with Crippen molar-refractivity contribution >= 4 is 17.5 Å². The fraction of sp³-hybridized carbons (Fsp3) is 0.462. The van der Waals surface area contributed by atoms with Crippen LogP contribution in [0.1, 0.15) is 29.6 Å². The first kappa shape index (κ1) is 14.2. The van der Waals surface area contributed by atoms with Gasteiger partial charge in [-0.15, -0.1) is 11.6 Å². The summed E-state index contributed by atoms with van der Waals surface area (Å²) < 4.78 is 38.9. The summed E-state index contributed by atoms with van der Waals surface area (Å²) in [5.41, 5.74) is -0.225. The predicted molar refractivity (Wildman–Crippen MR) is 65.6 cm³/mol. The number of amides is 1. The molecule has 2 nitrogen and oxygen atoms in total. The number of nitrogens with one attached hydrogen (secondary N) is 1. The zero-order chi connectivity index (χ0) is 14.0. The Morgan fingerprint density at radius 3 is 2.47 bits per heavy atom. The molecule has 0 spiro atoms. The fourth-order valence-electron chi connectivity index (χ4n) is 2.35. The van der Waals surface area contributed by atoms with Crippen LogP contribution >= 0.6 is 11.6 Å². The van der Waals surface area contributed by atoms with E-state index in [0.29, 0.717) is 18.0 Å². The first-order chi connectivity index (χ1) is 9.02. The van der Waals surface area contributed by atoms with Crippen molar-refractivity contribution in [3.63, 3.8) is 0 Å². The van der Waals surface area contributed by atoms with E-state index in [2.05, 4.69) is 5.32 Å². The van der Waals surface area contributed by atoms with Gasteiger partial charge in [0.25, 0.3) is 5.91 Å². The maximum Gasteiger partial charge on any atom is 0.251 e. The number of halogens is 4. The van der Waals surface area contributed by atoms with E-state index in [9.17, 15) is 18.0 Å². The van der Waals surface area contributed by atoms with Crippen molar-refractivity contribution in [1.82, 2.24) is 5.32 Å². The van der Waals surface area contributed by atoms with Crippen molar-refractivity contribution in [2.75, 3.05) is 5.88 Å². The lowest BCUT2D eigenvalue weighted by Crippen LogP contribution is -2.38. The van der Waals surface area contributed by atoms with Crippen LogP contribution in [0.3, 0.4) is 0 Å². The van der Waals surface area contributed by atoms with Gasteiger partial charge in [0.2, 0.25) is 0 Å². The Bertz CT molecular complexity index is 472. The van der Waals surface area contributed by atoms with E-state index < -0.39 is 23.4 Å². The Morgan fingerprint density at radius 2 is 1.89 bits per heavy atom. The molecule has 0 heterocycles. The van der Waals surface area contributed by atoms with Crippen LogP contribution < -0.4 is 5.32 Å². The van der Waals surface area contributed by atoms with E-state index in [4.69, 9.17) is 11.6 Å². The minimum Gasteiger partial charge on any atom is -0.349 e. The number of rotatable bonds is 3. The lowest BCUT2D eigenvalue weighted by molar-refractivity contribution is 0.0929. The van der Waals surface area contributed by atoms with Crippen molar-refractivity contribution in [2.24, 2.45) is 5.92 Å². The molecular formula is C13H13ClF3NO. The maximum absolute atomic E-state index is 13.0. The number of benzene rings is 1. The molecule has 2 unspecified atom stereocenters. The molecule has 2 rings (SSSR count). The summed E-state index contributed by atoms with van der Waals surface area (Å²) >= 11 is 5.78. The van der Waals surface area contributed by atoms with E-state index in [1.807, 2.05) is 0 Å². The van der Waals surface area contributed by atoms with Crippen LogP contribution in [0.5, 0.6) is 0 Å². The molecule has 1 N–H and O–H groups in total. The smallest absolute Gasteiger partial charge is 0.251 e. The molecule has 1 aromatic carbocycles. The van der Waals surface area contributed by atoms with Gasteiger partial charge in [-0.1, -0.05) is 6.42 Å². The van der Waals surface area contributed by atoms with Crippen molar-refractivity contribution in [3.8, 4) is 0 Å². The first-order valence-corrected chi connectivity index (χ1v) is 6.57. The van der Waals surface area contributed by atoms with Crippen molar-refractivity contribution in [3.05, 3.63) is 35.1 Å². The summed E-state index contributed by atoms with van der Waals surface area (Å²) in [5, 5.41) is 2.69. The highest BCUT2D eigenvalue weighted by Gasteiger charge is 2.28. The average Bonchev–Trinajstić information content (AvgIpc) is 2.82.